The summed E-state index contributed by atoms with van der Waals surface area (Å²) < 4.78 is 12.2. The molecule has 0 spiro atoms. The summed E-state index contributed by atoms with van der Waals surface area (Å²) in [6.07, 6.45) is 0. The number of para-hydroxylation sites is 2. The smallest absolute Gasteiger partial charge is 0.295 e. The van der Waals surface area contributed by atoms with Gasteiger partial charge >= 0.3 is 0 Å². The first kappa shape index (κ1) is 20.2. The molecule has 7 heteroatoms. The maximum atomic E-state index is 12.9. The molecule has 0 radical (unpaired) electrons. The molecule has 0 bridgehead atoms. The summed E-state index contributed by atoms with van der Waals surface area (Å²) in [4.78, 5) is 17.5. The van der Waals surface area contributed by atoms with Gasteiger partial charge in [-0.1, -0.05) is 42.0 Å². The first-order valence-electron chi connectivity index (χ1n) is 9.72. The number of hydrogen-bond donors (Lipinski definition) is 1. The lowest BCUT2D eigenvalue weighted by molar-refractivity contribution is 0.101. The first-order chi connectivity index (χ1) is 15.1. The Kier molecular flexibility index (Phi) is 5.66. The van der Waals surface area contributed by atoms with Gasteiger partial charge in [0.15, 0.2) is 5.82 Å². The number of hydrogen-bond acceptors (Lipinski definition) is 5. The number of carbonyl (C=O) groups is 1. The number of nitrogens with zero attached hydrogens (tertiary/aromatic N) is 3. The number of anilines is 1. The quantitative estimate of drug-likeness (QED) is 0.502. The van der Waals surface area contributed by atoms with E-state index in [1.165, 1.54) is 0 Å². The summed E-state index contributed by atoms with van der Waals surface area (Å²) in [5.41, 5.74) is 3.30. The molecule has 3 aromatic carbocycles. The van der Waals surface area contributed by atoms with Gasteiger partial charge in [0, 0.05) is 5.56 Å². The molecule has 0 saturated heterocycles. The van der Waals surface area contributed by atoms with E-state index in [0.717, 1.165) is 22.6 Å². The van der Waals surface area contributed by atoms with Crippen LogP contribution in [0.15, 0.2) is 72.8 Å². The maximum Gasteiger partial charge on any atom is 0.295 e. The summed E-state index contributed by atoms with van der Waals surface area (Å²) in [6.45, 7) is 2.02. The number of benzene rings is 3. The van der Waals surface area contributed by atoms with Crippen LogP contribution in [0.1, 0.15) is 16.2 Å². The molecule has 4 aromatic rings. The summed E-state index contributed by atoms with van der Waals surface area (Å²) in [6, 6.07) is 22.5. The lowest BCUT2D eigenvalue weighted by atomic mass is 10.1. The normalized spacial score (nSPS) is 10.5. The van der Waals surface area contributed by atoms with Crippen LogP contribution >= 0.6 is 0 Å². The van der Waals surface area contributed by atoms with Crippen molar-refractivity contribution in [3.05, 3.63) is 84.2 Å². The highest BCUT2D eigenvalue weighted by Gasteiger charge is 2.20. The Balaban J connectivity index is 1.75. The van der Waals surface area contributed by atoms with E-state index in [2.05, 4.69) is 15.4 Å². The Bertz CT molecular complexity index is 1200. The molecular formula is C24H22N4O3. The number of nitrogens with one attached hydrogen (secondary N) is 1. The summed E-state index contributed by atoms with van der Waals surface area (Å²) in [7, 11) is 3.17. The molecule has 4 rings (SSSR count). The van der Waals surface area contributed by atoms with Crippen molar-refractivity contribution in [2.24, 2.45) is 0 Å². The van der Waals surface area contributed by atoms with Gasteiger partial charge < -0.3 is 14.8 Å². The molecule has 1 amide bonds. The zero-order chi connectivity index (χ0) is 21.8. The van der Waals surface area contributed by atoms with Gasteiger partial charge in [-0.05, 0) is 43.3 Å². The van der Waals surface area contributed by atoms with Gasteiger partial charge in [0.05, 0.1) is 25.6 Å². The van der Waals surface area contributed by atoms with E-state index in [1.807, 2.05) is 67.6 Å². The van der Waals surface area contributed by atoms with E-state index in [1.54, 1.807) is 31.0 Å². The molecule has 0 fully saturated rings. The number of methoxy groups -OCH3 is 2. The van der Waals surface area contributed by atoms with Crippen molar-refractivity contribution < 1.29 is 14.3 Å². The van der Waals surface area contributed by atoms with Crippen molar-refractivity contribution in [3.8, 4) is 28.6 Å². The molecule has 0 aliphatic carbocycles. The van der Waals surface area contributed by atoms with E-state index in [9.17, 15) is 4.79 Å². The highest BCUT2D eigenvalue weighted by molar-refractivity contribution is 6.02. The van der Waals surface area contributed by atoms with Crippen LogP contribution in [0.4, 0.5) is 5.69 Å². The molecular weight excluding hydrogens is 392 g/mol. The second-order valence-corrected chi connectivity index (χ2v) is 6.89. The predicted molar refractivity (Wildman–Crippen MR) is 119 cm³/mol. The fourth-order valence-corrected chi connectivity index (χ4v) is 3.13. The van der Waals surface area contributed by atoms with Crippen molar-refractivity contribution in [2.45, 2.75) is 6.92 Å². The highest BCUT2D eigenvalue weighted by Crippen LogP contribution is 2.26. The molecule has 0 saturated carbocycles. The maximum absolute atomic E-state index is 12.9. The standard InChI is InChI=1S/C24H22N4O3/c1-16-8-10-17(11-9-16)23-26-22(24(29)25-20-6-4-5-7-21(20)31-3)27-28(23)18-12-14-19(30-2)15-13-18/h4-15H,1-3H3,(H,25,29). The van der Waals surface area contributed by atoms with Crippen LogP contribution in [-0.4, -0.2) is 34.9 Å². The number of aromatic nitrogens is 3. The molecule has 1 heterocycles. The van der Waals surface area contributed by atoms with E-state index >= 15 is 0 Å². The molecule has 0 unspecified atom stereocenters. The molecule has 0 atom stereocenters. The third-order valence-electron chi connectivity index (χ3n) is 4.79. The van der Waals surface area contributed by atoms with Crippen LogP contribution in [0.25, 0.3) is 17.1 Å². The third-order valence-corrected chi connectivity index (χ3v) is 4.79. The Morgan fingerprint density at radius 1 is 0.903 bits per heavy atom. The number of aryl methyl sites for hydroxylation is 1. The number of carbonyl (C=O) groups excluding carboxylic acids is 1. The molecule has 1 aromatic heterocycles. The predicted octanol–water partition coefficient (Wildman–Crippen LogP) is 4.51. The lowest BCUT2D eigenvalue weighted by Crippen LogP contribution is -2.15. The highest BCUT2D eigenvalue weighted by atomic mass is 16.5. The second kappa shape index (κ2) is 8.71. The summed E-state index contributed by atoms with van der Waals surface area (Å²) >= 11 is 0. The number of rotatable bonds is 6. The van der Waals surface area contributed by atoms with E-state index in [0.29, 0.717) is 17.3 Å². The molecule has 7 nitrogen and oxygen atoms in total. The molecule has 1 N–H and O–H groups in total. The first-order valence-corrected chi connectivity index (χ1v) is 9.72. The fraction of sp³-hybridized carbons (Fsp3) is 0.125. The Morgan fingerprint density at radius 3 is 2.29 bits per heavy atom. The zero-order valence-corrected chi connectivity index (χ0v) is 17.5. The van der Waals surface area contributed by atoms with Crippen LogP contribution in [0, 0.1) is 6.92 Å². The van der Waals surface area contributed by atoms with E-state index < -0.39 is 5.91 Å². The fourth-order valence-electron chi connectivity index (χ4n) is 3.13. The monoisotopic (exact) mass is 414 g/mol. The molecule has 156 valence electrons. The van der Waals surface area contributed by atoms with Crippen molar-refractivity contribution in [2.75, 3.05) is 19.5 Å². The Hall–Kier alpha value is -4.13. The molecule has 31 heavy (non-hydrogen) atoms. The topological polar surface area (TPSA) is 78.3 Å². The van der Waals surface area contributed by atoms with Crippen molar-refractivity contribution in [1.29, 1.82) is 0 Å². The number of amides is 1. The van der Waals surface area contributed by atoms with Gasteiger partial charge in [0.2, 0.25) is 5.82 Å². The van der Waals surface area contributed by atoms with Crippen molar-refractivity contribution in [1.82, 2.24) is 14.8 Å². The van der Waals surface area contributed by atoms with Crippen LogP contribution in [0.5, 0.6) is 11.5 Å². The van der Waals surface area contributed by atoms with Gasteiger partial charge in [0.1, 0.15) is 11.5 Å². The molecule has 0 aliphatic heterocycles. The average Bonchev–Trinajstić information content (AvgIpc) is 3.25. The van der Waals surface area contributed by atoms with Crippen molar-refractivity contribution >= 4 is 11.6 Å². The summed E-state index contributed by atoms with van der Waals surface area (Å²) in [5, 5.41) is 7.32. The van der Waals surface area contributed by atoms with Gasteiger partial charge in [0.25, 0.3) is 5.91 Å². The van der Waals surface area contributed by atoms with Gasteiger partial charge in [-0.2, -0.15) is 0 Å². The van der Waals surface area contributed by atoms with E-state index in [4.69, 9.17) is 9.47 Å². The van der Waals surface area contributed by atoms with Crippen molar-refractivity contribution in [3.63, 3.8) is 0 Å². The van der Waals surface area contributed by atoms with Gasteiger partial charge in [-0.15, -0.1) is 5.10 Å². The Morgan fingerprint density at radius 2 is 1.61 bits per heavy atom. The second-order valence-electron chi connectivity index (χ2n) is 6.89. The van der Waals surface area contributed by atoms with Crippen LogP contribution < -0.4 is 14.8 Å². The Labute approximate surface area is 180 Å². The average molecular weight is 414 g/mol. The van der Waals surface area contributed by atoms with Gasteiger partial charge in [-0.25, -0.2) is 9.67 Å². The minimum absolute atomic E-state index is 0.0531. The summed E-state index contributed by atoms with van der Waals surface area (Å²) in [5.74, 6) is 1.48. The van der Waals surface area contributed by atoms with E-state index in [-0.39, 0.29) is 5.82 Å². The largest absolute Gasteiger partial charge is 0.497 e. The van der Waals surface area contributed by atoms with Crippen LogP contribution in [0.3, 0.4) is 0 Å². The number of ether oxygens (including phenoxy) is 2. The minimum atomic E-state index is -0.426. The molecule has 0 aliphatic rings. The SMILES string of the molecule is COc1ccc(-n2nc(C(=O)Nc3ccccc3OC)nc2-c2ccc(C)cc2)cc1. The third kappa shape index (κ3) is 4.25. The zero-order valence-electron chi connectivity index (χ0n) is 17.5. The van der Waals surface area contributed by atoms with Crippen LogP contribution in [-0.2, 0) is 0 Å². The van der Waals surface area contributed by atoms with Crippen LogP contribution in [0.2, 0.25) is 0 Å². The van der Waals surface area contributed by atoms with Gasteiger partial charge in [-0.3, -0.25) is 4.79 Å². The lowest BCUT2D eigenvalue weighted by Gasteiger charge is -2.08. The minimum Gasteiger partial charge on any atom is -0.497 e.